The van der Waals surface area contributed by atoms with Crippen molar-refractivity contribution >= 4 is 16.7 Å². The molecule has 2 N–H and O–H groups in total. The van der Waals surface area contributed by atoms with Crippen molar-refractivity contribution < 1.29 is 4.79 Å². The van der Waals surface area contributed by atoms with Crippen LogP contribution in [0, 0.1) is 12.8 Å². The van der Waals surface area contributed by atoms with E-state index in [1.54, 1.807) is 31.2 Å². The van der Waals surface area contributed by atoms with Gasteiger partial charge in [-0.15, -0.1) is 0 Å². The van der Waals surface area contributed by atoms with Crippen LogP contribution in [0.3, 0.4) is 0 Å². The van der Waals surface area contributed by atoms with Gasteiger partial charge in [-0.05, 0) is 55.9 Å². The molecule has 1 aliphatic carbocycles. The van der Waals surface area contributed by atoms with E-state index in [1.807, 2.05) is 30.3 Å². The Bertz CT molecular complexity index is 1260. The molecule has 1 aliphatic rings. The molecule has 1 aromatic heterocycles. The van der Waals surface area contributed by atoms with Crippen LogP contribution in [-0.4, -0.2) is 10.5 Å². The van der Waals surface area contributed by atoms with E-state index in [-0.39, 0.29) is 5.56 Å². The standard InChI is InChI=1S/C17H14N2O2.C10H12/c1-11-15(16(18)20)13-9-5-6-10-14(13)17(21)19(11)12-7-3-2-4-8-12;1-2-4-9(5-3-1)8-10-6-7-10/h2-10H,1H3,(H2,18,20);1-5,10H,6-8H2. The fourth-order valence-electron chi connectivity index (χ4n) is 3.94. The zero-order chi connectivity index (χ0) is 21.8. The lowest BCUT2D eigenvalue weighted by Gasteiger charge is -2.15. The van der Waals surface area contributed by atoms with Crippen LogP contribution >= 0.6 is 0 Å². The van der Waals surface area contributed by atoms with Gasteiger partial charge in [-0.3, -0.25) is 14.2 Å². The molecule has 4 aromatic rings. The van der Waals surface area contributed by atoms with E-state index in [2.05, 4.69) is 30.3 Å². The Hall–Kier alpha value is -3.66. The van der Waals surface area contributed by atoms with Crippen LogP contribution in [0.15, 0.2) is 89.7 Å². The molecule has 3 aromatic carbocycles. The lowest BCUT2D eigenvalue weighted by Crippen LogP contribution is -2.26. The summed E-state index contributed by atoms with van der Waals surface area (Å²) < 4.78 is 1.53. The van der Waals surface area contributed by atoms with Crippen molar-refractivity contribution in [2.24, 2.45) is 11.7 Å². The molecular formula is C27H26N2O2. The van der Waals surface area contributed by atoms with Gasteiger partial charge in [-0.25, -0.2) is 0 Å². The maximum atomic E-state index is 12.7. The second-order valence-corrected chi connectivity index (χ2v) is 7.98. The lowest BCUT2D eigenvalue weighted by atomic mass is 10.0. The van der Waals surface area contributed by atoms with Gasteiger partial charge in [0.25, 0.3) is 11.5 Å². The molecule has 1 amide bonds. The van der Waals surface area contributed by atoms with E-state index in [1.165, 1.54) is 29.4 Å². The number of carbonyl (C=O) groups excluding carboxylic acids is 1. The molecule has 5 rings (SSSR count). The number of hydrogen-bond acceptors (Lipinski definition) is 2. The third-order valence-corrected chi connectivity index (χ3v) is 5.65. The summed E-state index contributed by atoms with van der Waals surface area (Å²) in [7, 11) is 0. The van der Waals surface area contributed by atoms with Gasteiger partial charge in [0.1, 0.15) is 0 Å². The van der Waals surface area contributed by atoms with Crippen LogP contribution in [0.2, 0.25) is 0 Å². The summed E-state index contributed by atoms with van der Waals surface area (Å²) in [4.78, 5) is 24.6. The van der Waals surface area contributed by atoms with E-state index in [0.717, 1.165) is 5.92 Å². The lowest BCUT2D eigenvalue weighted by molar-refractivity contribution is 0.100. The first-order valence-electron chi connectivity index (χ1n) is 10.6. The van der Waals surface area contributed by atoms with Crippen molar-refractivity contribution in [1.82, 2.24) is 4.57 Å². The minimum Gasteiger partial charge on any atom is -0.366 e. The smallest absolute Gasteiger partial charge is 0.263 e. The molecule has 4 nitrogen and oxygen atoms in total. The predicted molar refractivity (Wildman–Crippen MR) is 126 cm³/mol. The molecule has 156 valence electrons. The largest absolute Gasteiger partial charge is 0.366 e. The normalized spacial score (nSPS) is 12.8. The van der Waals surface area contributed by atoms with Gasteiger partial charge in [-0.2, -0.15) is 0 Å². The molecular weight excluding hydrogens is 384 g/mol. The van der Waals surface area contributed by atoms with Crippen LogP contribution in [0.1, 0.15) is 34.5 Å². The Labute approximate surface area is 182 Å². The first-order chi connectivity index (χ1) is 15.1. The molecule has 1 fully saturated rings. The Balaban J connectivity index is 0.000000192. The molecule has 1 heterocycles. The van der Waals surface area contributed by atoms with E-state index in [9.17, 15) is 9.59 Å². The summed E-state index contributed by atoms with van der Waals surface area (Å²) in [6.07, 6.45) is 4.21. The monoisotopic (exact) mass is 410 g/mol. The van der Waals surface area contributed by atoms with Crippen molar-refractivity contribution in [2.45, 2.75) is 26.2 Å². The summed E-state index contributed by atoms with van der Waals surface area (Å²) in [6, 6.07) is 27.0. The predicted octanol–water partition coefficient (Wildman–Crippen LogP) is 5.04. The number of pyridine rings is 1. The number of nitrogens with two attached hydrogens (primary N) is 1. The van der Waals surface area contributed by atoms with Crippen molar-refractivity contribution in [2.75, 3.05) is 0 Å². The highest BCUT2D eigenvalue weighted by molar-refractivity contribution is 6.07. The summed E-state index contributed by atoms with van der Waals surface area (Å²) in [5.41, 5.74) is 8.53. The van der Waals surface area contributed by atoms with Crippen LogP contribution in [0.25, 0.3) is 16.5 Å². The number of carbonyl (C=O) groups is 1. The topological polar surface area (TPSA) is 65.1 Å². The molecule has 1 saturated carbocycles. The van der Waals surface area contributed by atoms with Crippen LogP contribution in [0.4, 0.5) is 0 Å². The van der Waals surface area contributed by atoms with Gasteiger partial charge in [0.15, 0.2) is 0 Å². The Morgan fingerprint density at radius 2 is 1.42 bits per heavy atom. The zero-order valence-corrected chi connectivity index (χ0v) is 17.6. The van der Waals surface area contributed by atoms with Gasteiger partial charge in [0.2, 0.25) is 0 Å². The number of para-hydroxylation sites is 1. The Morgan fingerprint density at radius 3 is 2.00 bits per heavy atom. The first-order valence-corrected chi connectivity index (χ1v) is 10.6. The Kier molecular flexibility index (Phi) is 5.99. The molecule has 0 aliphatic heterocycles. The van der Waals surface area contributed by atoms with Crippen molar-refractivity contribution in [3.63, 3.8) is 0 Å². The van der Waals surface area contributed by atoms with Crippen molar-refractivity contribution in [3.8, 4) is 5.69 Å². The van der Waals surface area contributed by atoms with E-state index >= 15 is 0 Å². The van der Waals surface area contributed by atoms with Gasteiger partial charge < -0.3 is 5.73 Å². The SMILES string of the molecule is Cc1c(C(N)=O)c2ccccc2c(=O)n1-c1ccccc1.c1ccc(CC2CC2)cc1. The molecule has 0 radical (unpaired) electrons. The minimum absolute atomic E-state index is 0.153. The average Bonchev–Trinajstić information content (AvgIpc) is 3.60. The van der Waals surface area contributed by atoms with Crippen molar-refractivity contribution in [1.29, 1.82) is 0 Å². The highest BCUT2D eigenvalue weighted by Crippen LogP contribution is 2.32. The molecule has 4 heteroatoms. The van der Waals surface area contributed by atoms with Crippen LogP contribution in [-0.2, 0) is 6.42 Å². The highest BCUT2D eigenvalue weighted by Gasteiger charge is 2.21. The number of hydrogen-bond donors (Lipinski definition) is 1. The fraction of sp³-hybridized carbons (Fsp3) is 0.185. The van der Waals surface area contributed by atoms with Gasteiger partial charge >= 0.3 is 0 Å². The number of fused-ring (bicyclic) bond motifs is 1. The number of rotatable bonds is 4. The number of primary amides is 1. The third kappa shape index (κ3) is 4.58. The van der Waals surface area contributed by atoms with E-state index in [0.29, 0.717) is 27.7 Å². The van der Waals surface area contributed by atoms with Crippen LogP contribution in [0.5, 0.6) is 0 Å². The maximum absolute atomic E-state index is 12.7. The van der Waals surface area contributed by atoms with Gasteiger partial charge in [0, 0.05) is 22.2 Å². The molecule has 0 spiro atoms. The molecule has 0 saturated heterocycles. The summed E-state index contributed by atoms with van der Waals surface area (Å²) in [5.74, 6) is 0.482. The number of aromatic nitrogens is 1. The Morgan fingerprint density at radius 1 is 0.871 bits per heavy atom. The van der Waals surface area contributed by atoms with E-state index < -0.39 is 5.91 Å². The van der Waals surface area contributed by atoms with Crippen molar-refractivity contribution in [3.05, 3.63) is 112 Å². The highest BCUT2D eigenvalue weighted by atomic mass is 16.1. The second kappa shape index (κ2) is 9.00. The molecule has 0 atom stereocenters. The maximum Gasteiger partial charge on any atom is 0.263 e. The third-order valence-electron chi connectivity index (χ3n) is 5.65. The minimum atomic E-state index is -0.534. The number of nitrogens with zero attached hydrogens (tertiary/aromatic N) is 1. The van der Waals surface area contributed by atoms with Gasteiger partial charge in [0.05, 0.1) is 5.56 Å². The first kappa shape index (κ1) is 20.6. The average molecular weight is 411 g/mol. The molecule has 0 unspecified atom stereocenters. The molecule has 31 heavy (non-hydrogen) atoms. The zero-order valence-electron chi connectivity index (χ0n) is 17.6. The number of benzene rings is 3. The fourth-order valence-corrected chi connectivity index (χ4v) is 3.94. The molecule has 0 bridgehead atoms. The summed E-state index contributed by atoms with van der Waals surface area (Å²) >= 11 is 0. The second-order valence-electron chi connectivity index (χ2n) is 7.98. The van der Waals surface area contributed by atoms with E-state index in [4.69, 9.17) is 5.73 Å². The summed E-state index contributed by atoms with van der Waals surface area (Å²) in [5, 5.41) is 1.08. The quantitative estimate of drug-likeness (QED) is 0.512. The van der Waals surface area contributed by atoms with Crippen LogP contribution < -0.4 is 11.3 Å². The number of amides is 1. The summed E-state index contributed by atoms with van der Waals surface area (Å²) in [6.45, 7) is 1.74. The van der Waals surface area contributed by atoms with Gasteiger partial charge in [-0.1, -0.05) is 66.7 Å².